The number of hydrogen-bond acceptors (Lipinski definition) is 4. The van der Waals surface area contributed by atoms with E-state index in [0.717, 1.165) is 11.3 Å². The smallest absolute Gasteiger partial charge is 0.414 e. The minimum Gasteiger partial charge on any atom is -0.444 e. The van der Waals surface area contributed by atoms with Gasteiger partial charge in [-0.15, -0.1) is 0 Å². The van der Waals surface area contributed by atoms with Crippen LogP contribution >= 0.6 is 34.8 Å². The van der Waals surface area contributed by atoms with E-state index in [1.54, 1.807) is 30.0 Å². The second-order valence-corrected chi connectivity index (χ2v) is 10.5. The number of piperidine rings is 1. The Labute approximate surface area is 190 Å². The zero-order valence-electron chi connectivity index (χ0n) is 16.1. The Morgan fingerprint density at radius 3 is 2.43 bits per heavy atom. The van der Waals surface area contributed by atoms with Crippen LogP contribution in [0.15, 0.2) is 35.2 Å². The Morgan fingerprint density at radius 1 is 1.03 bits per heavy atom. The second kappa shape index (κ2) is 8.20. The Bertz CT molecular complexity index is 1120. The highest BCUT2D eigenvalue weighted by molar-refractivity contribution is 7.89. The third-order valence-corrected chi connectivity index (χ3v) is 8.47. The molecule has 2 heterocycles. The van der Waals surface area contributed by atoms with Crippen molar-refractivity contribution in [3.63, 3.8) is 0 Å². The van der Waals surface area contributed by atoms with E-state index in [9.17, 15) is 13.2 Å². The molecule has 0 radical (unpaired) electrons. The van der Waals surface area contributed by atoms with Gasteiger partial charge < -0.3 is 4.74 Å². The number of rotatable bonds is 3. The summed E-state index contributed by atoms with van der Waals surface area (Å²) < 4.78 is 33.0. The van der Waals surface area contributed by atoms with Crippen molar-refractivity contribution in [1.29, 1.82) is 0 Å². The summed E-state index contributed by atoms with van der Waals surface area (Å²) in [5.74, 6) is 0. The van der Waals surface area contributed by atoms with Crippen LogP contribution < -0.4 is 4.90 Å². The number of nitrogens with zero attached hydrogens (tertiary/aromatic N) is 2. The van der Waals surface area contributed by atoms with Crippen LogP contribution in [0.25, 0.3) is 0 Å². The Morgan fingerprint density at radius 2 is 1.73 bits per heavy atom. The summed E-state index contributed by atoms with van der Waals surface area (Å²) in [4.78, 5) is 14.1. The number of hydrogen-bond donors (Lipinski definition) is 0. The molecule has 0 N–H and O–H groups in total. The number of halogens is 3. The number of carbonyl (C=O) groups is 1. The van der Waals surface area contributed by atoms with Crippen LogP contribution in [0.1, 0.15) is 24.0 Å². The van der Waals surface area contributed by atoms with Gasteiger partial charge in [-0.05, 0) is 55.7 Å². The highest BCUT2D eigenvalue weighted by atomic mass is 35.5. The minimum absolute atomic E-state index is 0.0434. The molecule has 0 aliphatic carbocycles. The van der Waals surface area contributed by atoms with Crippen LogP contribution in [0.3, 0.4) is 0 Å². The monoisotopic (exact) mass is 488 g/mol. The van der Waals surface area contributed by atoms with Crippen molar-refractivity contribution in [2.24, 2.45) is 0 Å². The van der Waals surface area contributed by atoms with Gasteiger partial charge in [0.2, 0.25) is 10.0 Å². The molecule has 1 fully saturated rings. The number of carbonyl (C=O) groups excluding carboxylic acids is 1. The maximum atomic E-state index is 13.1. The third kappa shape index (κ3) is 3.89. The van der Waals surface area contributed by atoms with E-state index in [1.165, 1.54) is 16.4 Å². The first-order valence-electron chi connectivity index (χ1n) is 9.38. The first-order chi connectivity index (χ1) is 14.2. The number of ether oxygens (including phenoxy) is 1. The summed E-state index contributed by atoms with van der Waals surface area (Å²) in [5.41, 5.74) is 2.23. The lowest BCUT2D eigenvalue weighted by Gasteiger charge is -2.39. The van der Waals surface area contributed by atoms with E-state index in [1.807, 2.05) is 0 Å². The maximum absolute atomic E-state index is 13.1. The first-order valence-corrected chi connectivity index (χ1v) is 12.0. The molecular formula is C20H19Cl3N2O4S. The highest BCUT2D eigenvalue weighted by Gasteiger charge is 2.37. The van der Waals surface area contributed by atoms with Gasteiger partial charge in [-0.25, -0.2) is 13.2 Å². The zero-order valence-corrected chi connectivity index (χ0v) is 19.2. The summed E-state index contributed by atoms with van der Waals surface area (Å²) in [6.07, 6.45) is 0.517. The van der Waals surface area contributed by atoms with Gasteiger partial charge in [-0.3, -0.25) is 4.90 Å². The van der Waals surface area contributed by atoms with Crippen molar-refractivity contribution in [3.05, 3.63) is 56.5 Å². The van der Waals surface area contributed by atoms with Crippen molar-refractivity contribution in [1.82, 2.24) is 4.31 Å². The van der Waals surface area contributed by atoms with Crippen molar-refractivity contribution in [2.75, 3.05) is 18.0 Å². The predicted octanol–water partition coefficient (Wildman–Crippen LogP) is 5.27. The van der Waals surface area contributed by atoms with Gasteiger partial charge in [0.05, 0.1) is 10.7 Å². The van der Waals surface area contributed by atoms with Gasteiger partial charge in [0.15, 0.2) is 0 Å². The Hall–Kier alpha value is -1.51. The van der Waals surface area contributed by atoms with E-state index in [4.69, 9.17) is 39.5 Å². The van der Waals surface area contributed by atoms with Gasteiger partial charge in [0, 0.05) is 34.7 Å². The average Bonchev–Trinajstić information content (AvgIpc) is 2.71. The molecule has 2 aromatic rings. The fourth-order valence-electron chi connectivity index (χ4n) is 3.87. The predicted molar refractivity (Wildman–Crippen MR) is 117 cm³/mol. The lowest BCUT2D eigenvalue weighted by Crippen LogP contribution is -2.50. The van der Waals surface area contributed by atoms with Gasteiger partial charge in [-0.2, -0.15) is 4.31 Å². The van der Waals surface area contributed by atoms with Crippen LogP contribution in [0, 0.1) is 6.92 Å². The third-order valence-electron chi connectivity index (χ3n) is 5.47. The fraction of sp³-hybridized carbons (Fsp3) is 0.350. The maximum Gasteiger partial charge on any atom is 0.414 e. The van der Waals surface area contributed by atoms with E-state index in [-0.39, 0.29) is 35.7 Å². The number of aryl methyl sites for hydroxylation is 1. The van der Waals surface area contributed by atoms with Crippen LogP contribution in [-0.2, 0) is 21.4 Å². The summed E-state index contributed by atoms with van der Waals surface area (Å²) in [5, 5.41) is 1.08. The molecule has 160 valence electrons. The summed E-state index contributed by atoms with van der Waals surface area (Å²) in [6, 6.07) is 8.08. The van der Waals surface area contributed by atoms with Crippen molar-refractivity contribution in [2.45, 2.75) is 37.3 Å². The highest BCUT2D eigenvalue weighted by Crippen LogP contribution is 2.35. The Balaban J connectivity index is 1.55. The molecule has 0 spiro atoms. The lowest BCUT2D eigenvalue weighted by molar-refractivity contribution is 0.136. The molecule has 10 heteroatoms. The van der Waals surface area contributed by atoms with Gasteiger partial charge >= 0.3 is 6.09 Å². The lowest BCUT2D eigenvalue weighted by atomic mass is 10.0. The number of fused-ring (bicyclic) bond motifs is 1. The molecule has 0 saturated carbocycles. The molecule has 0 unspecified atom stereocenters. The molecule has 0 atom stereocenters. The van der Waals surface area contributed by atoms with Gasteiger partial charge in [-0.1, -0.05) is 34.8 Å². The molecule has 4 rings (SSSR count). The number of amides is 1. The quantitative estimate of drug-likeness (QED) is 0.589. The van der Waals surface area contributed by atoms with Gasteiger partial charge in [0.25, 0.3) is 0 Å². The SMILES string of the molecule is Cc1cc(S(=O)(=O)N2CCC(N3C(=O)OCc4cc(Cl)ccc43)CC2)c(Cl)cc1Cl. The molecule has 30 heavy (non-hydrogen) atoms. The summed E-state index contributed by atoms with van der Waals surface area (Å²) in [6.45, 7) is 2.43. The first kappa shape index (κ1) is 21.7. The van der Waals surface area contributed by atoms with E-state index in [2.05, 4.69) is 0 Å². The van der Waals surface area contributed by atoms with Crippen LogP contribution in [0.4, 0.5) is 10.5 Å². The molecule has 1 amide bonds. The molecule has 2 aromatic carbocycles. The van der Waals surface area contributed by atoms with Crippen LogP contribution in [0.2, 0.25) is 15.1 Å². The number of benzene rings is 2. The molecular weight excluding hydrogens is 471 g/mol. The number of cyclic esters (lactones) is 1. The molecule has 2 aliphatic heterocycles. The van der Waals surface area contributed by atoms with Crippen LogP contribution in [-0.4, -0.2) is 37.9 Å². The molecule has 1 saturated heterocycles. The normalized spacial score (nSPS) is 18.3. The number of anilines is 1. The minimum atomic E-state index is -3.78. The topological polar surface area (TPSA) is 66.9 Å². The molecule has 0 bridgehead atoms. The van der Waals surface area contributed by atoms with Crippen LogP contribution in [0.5, 0.6) is 0 Å². The van der Waals surface area contributed by atoms with E-state index < -0.39 is 16.1 Å². The molecule has 0 aromatic heterocycles. The number of sulfonamides is 1. The van der Waals surface area contributed by atoms with E-state index >= 15 is 0 Å². The summed E-state index contributed by atoms with van der Waals surface area (Å²) in [7, 11) is -3.78. The fourth-order valence-corrected chi connectivity index (χ4v) is 6.34. The second-order valence-electron chi connectivity index (χ2n) is 7.36. The Kier molecular flexibility index (Phi) is 5.94. The standard InChI is InChI=1S/C20H19Cl3N2O4S/c1-12-8-19(17(23)10-16(12)22)30(27,28)24-6-4-15(5-7-24)25-18-3-2-14(21)9-13(18)11-29-20(25)26/h2-3,8-10,15H,4-7,11H2,1H3. The van der Waals surface area contributed by atoms with E-state index in [0.29, 0.717) is 28.5 Å². The molecule has 6 nitrogen and oxygen atoms in total. The van der Waals surface area contributed by atoms with Gasteiger partial charge in [0.1, 0.15) is 11.5 Å². The van der Waals surface area contributed by atoms with Crippen molar-refractivity contribution < 1.29 is 17.9 Å². The molecule has 2 aliphatic rings. The van der Waals surface area contributed by atoms with Crippen molar-refractivity contribution >= 4 is 56.6 Å². The average molecular weight is 490 g/mol. The van der Waals surface area contributed by atoms with Crippen molar-refractivity contribution in [3.8, 4) is 0 Å². The largest absolute Gasteiger partial charge is 0.444 e. The summed E-state index contributed by atoms with van der Waals surface area (Å²) >= 11 is 18.3. The zero-order chi connectivity index (χ0) is 21.6.